The van der Waals surface area contributed by atoms with Crippen LogP contribution < -0.4 is 0 Å². The summed E-state index contributed by atoms with van der Waals surface area (Å²) >= 11 is 0. The number of fused-ring (bicyclic) bond motifs is 1. The van der Waals surface area contributed by atoms with Gasteiger partial charge in [0, 0.05) is 17.2 Å². The van der Waals surface area contributed by atoms with Gasteiger partial charge in [0.25, 0.3) is 10.1 Å². The predicted molar refractivity (Wildman–Crippen MR) is 89.6 cm³/mol. The van der Waals surface area contributed by atoms with Gasteiger partial charge in [-0.1, -0.05) is 18.6 Å². The van der Waals surface area contributed by atoms with Gasteiger partial charge in [0.15, 0.2) is 0 Å². The molecule has 1 aromatic carbocycles. The number of hydrogen-bond acceptors (Lipinski definition) is 3. The molecule has 1 aromatic heterocycles. The second kappa shape index (κ2) is 6.86. The van der Waals surface area contributed by atoms with Crippen molar-refractivity contribution in [3.63, 3.8) is 0 Å². The maximum Gasteiger partial charge on any atom is 0.287 e. The van der Waals surface area contributed by atoms with Gasteiger partial charge in [-0.15, -0.1) is 0 Å². The molecular weight excluding hydrogens is 331 g/mol. The van der Waals surface area contributed by atoms with E-state index in [-0.39, 0.29) is 11.7 Å². The Bertz CT molecular complexity index is 858. The molecule has 0 fully saturated rings. The highest BCUT2D eigenvalue weighted by molar-refractivity contribution is 7.88. The highest BCUT2D eigenvalue weighted by Crippen LogP contribution is 2.33. The molecule has 5 nitrogen and oxygen atoms in total. The van der Waals surface area contributed by atoms with Crippen LogP contribution in [0.3, 0.4) is 0 Å². The fourth-order valence-corrected chi connectivity index (χ4v) is 3.57. The third kappa shape index (κ3) is 4.10. The first kappa shape index (κ1) is 16.9. The SMILES string of the molecule is O=S(=O)(O)C=Cc1n[nH]c2c1CCCCC2Cc1cccc(F)c1. The van der Waals surface area contributed by atoms with E-state index in [1.54, 1.807) is 12.1 Å². The lowest BCUT2D eigenvalue weighted by Crippen LogP contribution is -2.04. The Morgan fingerprint density at radius 2 is 2.21 bits per heavy atom. The predicted octanol–water partition coefficient (Wildman–Crippen LogP) is 3.46. The summed E-state index contributed by atoms with van der Waals surface area (Å²) < 4.78 is 44.1. The number of benzene rings is 1. The Balaban J connectivity index is 1.90. The van der Waals surface area contributed by atoms with Crippen molar-refractivity contribution in [3.05, 3.63) is 58.0 Å². The summed E-state index contributed by atoms with van der Waals surface area (Å²) in [5, 5.41) is 7.95. The molecule has 24 heavy (non-hydrogen) atoms. The first-order valence-corrected chi connectivity index (χ1v) is 9.40. The zero-order valence-corrected chi connectivity index (χ0v) is 13.9. The molecule has 7 heteroatoms. The Morgan fingerprint density at radius 3 is 2.96 bits per heavy atom. The summed E-state index contributed by atoms with van der Waals surface area (Å²) in [6.45, 7) is 0. The van der Waals surface area contributed by atoms with Gasteiger partial charge in [0.05, 0.1) is 11.1 Å². The summed E-state index contributed by atoms with van der Waals surface area (Å²) in [7, 11) is -4.18. The normalized spacial score (nSPS) is 18.5. The number of H-pyrrole nitrogens is 1. The number of hydrogen-bond donors (Lipinski definition) is 2. The molecule has 2 N–H and O–H groups in total. The van der Waals surface area contributed by atoms with E-state index >= 15 is 0 Å². The van der Waals surface area contributed by atoms with Crippen molar-refractivity contribution < 1.29 is 17.4 Å². The van der Waals surface area contributed by atoms with Crippen LogP contribution in [0.1, 0.15) is 47.7 Å². The molecule has 0 aliphatic heterocycles. The third-order valence-corrected chi connectivity index (χ3v) is 4.82. The molecule has 1 atom stereocenters. The van der Waals surface area contributed by atoms with E-state index in [1.165, 1.54) is 12.1 Å². The number of nitrogens with one attached hydrogen (secondary N) is 1. The molecule has 2 aromatic rings. The molecule has 0 bridgehead atoms. The van der Waals surface area contributed by atoms with Gasteiger partial charge in [-0.25, -0.2) is 4.39 Å². The Labute approximate surface area is 140 Å². The summed E-state index contributed by atoms with van der Waals surface area (Å²) in [6, 6.07) is 6.58. The third-order valence-electron chi connectivity index (χ3n) is 4.34. The summed E-state index contributed by atoms with van der Waals surface area (Å²) in [4.78, 5) is 0. The van der Waals surface area contributed by atoms with Crippen molar-refractivity contribution in [2.75, 3.05) is 0 Å². The lowest BCUT2D eigenvalue weighted by Gasteiger charge is -2.14. The zero-order chi connectivity index (χ0) is 17.2. The molecule has 1 aliphatic carbocycles. The summed E-state index contributed by atoms with van der Waals surface area (Å²) in [5.41, 5.74) is 3.42. The Kier molecular flexibility index (Phi) is 4.82. The van der Waals surface area contributed by atoms with Gasteiger partial charge < -0.3 is 0 Å². The maximum atomic E-state index is 13.4. The van der Waals surface area contributed by atoms with Gasteiger partial charge >= 0.3 is 0 Å². The second-order valence-electron chi connectivity index (χ2n) is 6.10. The number of aromatic nitrogens is 2. The van der Waals surface area contributed by atoms with Gasteiger partial charge in [-0.3, -0.25) is 9.65 Å². The Morgan fingerprint density at radius 1 is 1.38 bits per heavy atom. The monoisotopic (exact) mass is 350 g/mol. The van der Waals surface area contributed by atoms with Gasteiger partial charge in [-0.2, -0.15) is 13.5 Å². The minimum Gasteiger partial charge on any atom is -0.282 e. The first-order chi connectivity index (χ1) is 11.4. The maximum absolute atomic E-state index is 13.4. The molecule has 128 valence electrons. The van der Waals surface area contributed by atoms with Crippen LogP contribution in [0.5, 0.6) is 0 Å². The molecule has 0 amide bonds. The van der Waals surface area contributed by atoms with Gasteiger partial charge in [0.1, 0.15) is 5.82 Å². The summed E-state index contributed by atoms with van der Waals surface area (Å²) in [5.74, 6) is -0.0626. The second-order valence-corrected chi connectivity index (χ2v) is 7.40. The number of aromatic amines is 1. The van der Waals surface area contributed by atoms with E-state index in [0.29, 0.717) is 12.1 Å². The zero-order valence-electron chi connectivity index (χ0n) is 13.1. The van der Waals surface area contributed by atoms with Crippen LogP contribution in [0, 0.1) is 5.82 Å². The van der Waals surface area contributed by atoms with Crippen LogP contribution in [0.4, 0.5) is 4.39 Å². The highest BCUT2D eigenvalue weighted by atomic mass is 32.2. The molecule has 1 heterocycles. The van der Waals surface area contributed by atoms with Crippen LogP contribution in [0.25, 0.3) is 6.08 Å². The quantitative estimate of drug-likeness (QED) is 0.653. The minimum absolute atomic E-state index is 0.185. The van der Waals surface area contributed by atoms with E-state index < -0.39 is 10.1 Å². The van der Waals surface area contributed by atoms with Crippen molar-refractivity contribution >= 4 is 16.2 Å². The van der Waals surface area contributed by atoms with Crippen molar-refractivity contribution in [2.24, 2.45) is 0 Å². The summed E-state index contributed by atoms with van der Waals surface area (Å²) in [6.07, 6.45) is 5.82. The largest absolute Gasteiger partial charge is 0.287 e. The fourth-order valence-electron chi connectivity index (χ4n) is 3.27. The molecule has 3 rings (SSSR count). The van der Waals surface area contributed by atoms with E-state index in [9.17, 15) is 12.8 Å². The Hall–Kier alpha value is -1.99. The molecule has 0 saturated carbocycles. The minimum atomic E-state index is -4.18. The lowest BCUT2D eigenvalue weighted by atomic mass is 9.91. The van der Waals surface area contributed by atoms with Crippen LogP contribution in [0.2, 0.25) is 0 Å². The smallest absolute Gasteiger partial charge is 0.282 e. The molecule has 0 saturated heterocycles. The van der Waals surface area contributed by atoms with Crippen LogP contribution in [0.15, 0.2) is 29.7 Å². The van der Waals surface area contributed by atoms with Crippen molar-refractivity contribution in [1.29, 1.82) is 0 Å². The van der Waals surface area contributed by atoms with E-state index in [1.807, 2.05) is 6.07 Å². The van der Waals surface area contributed by atoms with Crippen molar-refractivity contribution in [3.8, 4) is 0 Å². The first-order valence-electron chi connectivity index (χ1n) is 7.89. The van der Waals surface area contributed by atoms with Crippen molar-refractivity contribution in [1.82, 2.24) is 10.2 Å². The number of rotatable bonds is 4. The molecular formula is C17H19FN2O3S. The van der Waals surface area contributed by atoms with Crippen molar-refractivity contribution in [2.45, 2.75) is 38.0 Å². The van der Waals surface area contributed by atoms with Crippen LogP contribution in [-0.2, 0) is 23.0 Å². The standard InChI is InChI=1S/C17H19FN2O3S/c18-14-6-3-4-12(11-14)10-13-5-1-2-7-15-16(19-20-17(13)15)8-9-24(21,22)23/h3-4,6,8-9,11,13H,1-2,5,7,10H2,(H,19,20)(H,21,22,23). The van der Waals surface area contributed by atoms with Crippen LogP contribution >= 0.6 is 0 Å². The van der Waals surface area contributed by atoms with Gasteiger partial charge in [-0.05, 0) is 49.5 Å². The van der Waals surface area contributed by atoms with E-state index in [4.69, 9.17) is 4.55 Å². The van der Waals surface area contributed by atoms with Crippen LogP contribution in [-0.4, -0.2) is 23.2 Å². The topological polar surface area (TPSA) is 83.1 Å². The molecule has 0 spiro atoms. The molecule has 0 radical (unpaired) electrons. The number of halogens is 1. The van der Waals surface area contributed by atoms with E-state index in [2.05, 4.69) is 10.2 Å². The van der Waals surface area contributed by atoms with E-state index in [0.717, 1.165) is 47.9 Å². The lowest BCUT2D eigenvalue weighted by molar-refractivity contribution is 0.494. The number of nitrogens with zero attached hydrogens (tertiary/aromatic N) is 1. The molecule has 1 unspecified atom stereocenters. The van der Waals surface area contributed by atoms with Gasteiger partial charge in [0.2, 0.25) is 0 Å². The molecule has 1 aliphatic rings. The average molecular weight is 350 g/mol. The average Bonchev–Trinajstić information content (AvgIpc) is 2.80. The fraction of sp³-hybridized carbons (Fsp3) is 0.353. The highest BCUT2D eigenvalue weighted by Gasteiger charge is 2.23.